The van der Waals surface area contributed by atoms with Crippen molar-refractivity contribution < 1.29 is 17.6 Å². The molecule has 0 unspecified atom stereocenters. The van der Waals surface area contributed by atoms with E-state index in [1.165, 1.54) is 12.3 Å². The Balaban J connectivity index is 1.62. The number of benzene rings is 1. The first kappa shape index (κ1) is 20.2. The fourth-order valence-electron chi connectivity index (χ4n) is 3.59. The molecule has 0 radical (unpaired) electrons. The number of nitrogens with zero attached hydrogens (tertiary/aromatic N) is 2. The molecule has 3 aromatic rings. The van der Waals surface area contributed by atoms with Gasteiger partial charge in [0.05, 0.1) is 11.8 Å². The number of hydrogen-bond acceptors (Lipinski definition) is 5. The zero-order chi connectivity index (χ0) is 21.3. The van der Waals surface area contributed by atoms with Gasteiger partial charge < -0.3 is 9.32 Å². The third-order valence-electron chi connectivity index (χ3n) is 5.22. The van der Waals surface area contributed by atoms with Crippen molar-refractivity contribution >= 4 is 21.6 Å². The molecule has 4 rings (SSSR count). The molecule has 1 aliphatic heterocycles. The number of hydrogen-bond donors (Lipinski definition) is 2. The minimum atomic E-state index is -3.85. The number of aromatic amines is 1. The molecule has 1 aliphatic rings. The van der Waals surface area contributed by atoms with Crippen LogP contribution in [0.3, 0.4) is 0 Å². The summed E-state index contributed by atoms with van der Waals surface area (Å²) in [6.45, 7) is 4.93. The number of nitrogens with one attached hydrogen (secondary N) is 2. The topological polar surface area (TPSA) is 108 Å². The summed E-state index contributed by atoms with van der Waals surface area (Å²) < 4.78 is 34.0. The predicted molar refractivity (Wildman–Crippen MR) is 113 cm³/mol. The summed E-state index contributed by atoms with van der Waals surface area (Å²) in [5.41, 5.74) is 2.25. The summed E-state index contributed by atoms with van der Waals surface area (Å²) in [6.07, 6.45) is 4.54. The summed E-state index contributed by atoms with van der Waals surface area (Å²) in [6, 6.07) is 8.48. The van der Waals surface area contributed by atoms with E-state index in [1.54, 1.807) is 24.0 Å². The van der Waals surface area contributed by atoms with Crippen LogP contribution in [0, 0.1) is 13.8 Å². The molecule has 0 saturated carbocycles. The lowest BCUT2D eigenvalue weighted by Crippen LogP contribution is -2.35. The first-order valence-electron chi connectivity index (χ1n) is 9.88. The van der Waals surface area contributed by atoms with Gasteiger partial charge in [-0.25, -0.2) is 8.42 Å². The quantitative estimate of drug-likeness (QED) is 0.644. The van der Waals surface area contributed by atoms with E-state index < -0.39 is 10.0 Å². The number of carbonyl (C=O) groups excluding carboxylic acids is 1. The molecule has 8 nitrogen and oxygen atoms in total. The summed E-state index contributed by atoms with van der Waals surface area (Å²) >= 11 is 0. The van der Waals surface area contributed by atoms with Gasteiger partial charge in [-0.2, -0.15) is 5.10 Å². The van der Waals surface area contributed by atoms with Crippen molar-refractivity contribution in [2.75, 3.05) is 17.8 Å². The average molecular weight is 429 g/mol. The Bertz CT molecular complexity index is 1160. The zero-order valence-corrected chi connectivity index (χ0v) is 17.8. The second-order valence-electron chi connectivity index (χ2n) is 7.51. The number of aryl methyl sites for hydroxylation is 2. The van der Waals surface area contributed by atoms with Crippen molar-refractivity contribution in [3.8, 4) is 11.5 Å². The molecule has 0 aliphatic carbocycles. The number of rotatable bonds is 5. The Kier molecular flexibility index (Phi) is 5.38. The van der Waals surface area contributed by atoms with E-state index in [9.17, 15) is 13.2 Å². The highest BCUT2D eigenvalue weighted by atomic mass is 32.2. The first-order chi connectivity index (χ1) is 14.3. The number of amides is 1. The highest BCUT2D eigenvalue weighted by molar-refractivity contribution is 7.92. The van der Waals surface area contributed by atoms with E-state index in [0.29, 0.717) is 30.0 Å². The van der Waals surface area contributed by atoms with Crippen LogP contribution in [0.25, 0.3) is 11.5 Å². The van der Waals surface area contributed by atoms with Gasteiger partial charge in [0.2, 0.25) is 0 Å². The second-order valence-corrected chi connectivity index (χ2v) is 9.16. The van der Waals surface area contributed by atoms with Gasteiger partial charge in [0.1, 0.15) is 16.3 Å². The van der Waals surface area contributed by atoms with Crippen LogP contribution in [0.1, 0.15) is 40.9 Å². The lowest BCUT2D eigenvalue weighted by atomic mass is 10.1. The van der Waals surface area contributed by atoms with Crippen LogP contribution in [-0.4, -0.2) is 42.5 Å². The van der Waals surface area contributed by atoms with E-state index in [0.717, 1.165) is 24.8 Å². The fourth-order valence-corrected chi connectivity index (χ4v) is 4.83. The second kappa shape index (κ2) is 7.98. The Labute approximate surface area is 175 Å². The molecule has 1 fully saturated rings. The number of piperidine rings is 1. The summed E-state index contributed by atoms with van der Waals surface area (Å²) in [4.78, 5) is 14.7. The van der Waals surface area contributed by atoms with Crippen LogP contribution in [0.2, 0.25) is 0 Å². The summed E-state index contributed by atoms with van der Waals surface area (Å²) in [7, 11) is -3.85. The minimum absolute atomic E-state index is 0.0176. The number of aromatic nitrogens is 2. The van der Waals surface area contributed by atoms with Gasteiger partial charge in [0.25, 0.3) is 15.9 Å². The number of H-pyrrole nitrogens is 1. The number of sulfonamides is 1. The maximum Gasteiger partial charge on any atom is 0.265 e. The molecule has 1 saturated heterocycles. The van der Waals surface area contributed by atoms with Gasteiger partial charge >= 0.3 is 0 Å². The van der Waals surface area contributed by atoms with Gasteiger partial charge in [-0.05, 0) is 45.2 Å². The smallest absolute Gasteiger partial charge is 0.265 e. The van der Waals surface area contributed by atoms with Gasteiger partial charge in [-0.3, -0.25) is 14.6 Å². The zero-order valence-electron chi connectivity index (χ0n) is 16.9. The van der Waals surface area contributed by atoms with E-state index >= 15 is 0 Å². The normalized spacial score (nSPS) is 14.7. The molecule has 0 bridgehead atoms. The largest absolute Gasteiger partial charge is 0.458 e. The van der Waals surface area contributed by atoms with E-state index in [1.807, 2.05) is 19.1 Å². The molecule has 30 heavy (non-hydrogen) atoms. The van der Waals surface area contributed by atoms with E-state index in [-0.39, 0.29) is 22.3 Å². The molecule has 3 heterocycles. The van der Waals surface area contributed by atoms with Gasteiger partial charge in [-0.1, -0.05) is 17.7 Å². The molecule has 0 spiro atoms. The Hall–Kier alpha value is -3.07. The number of furan rings is 1. The maximum absolute atomic E-state index is 12.9. The Morgan fingerprint density at radius 3 is 2.53 bits per heavy atom. The van der Waals surface area contributed by atoms with Crippen LogP contribution in [0.15, 0.2) is 45.8 Å². The van der Waals surface area contributed by atoms with Crippen molar-refractivity contribution in [3.05, 3.63) is 53.4 Å². The van der Waals surface area contributed by atoms with Crippen LogP contribution < -0.4 is 4.72 Å². The average Bonchev–Trinajstić information content (AvgIpc) is 3.36. The molecule has 1 aromatic carbocycles. The SMILES string of the molecule is Cc1ccc(NS(=O)(=O)c2cc(-c3[nH]ncc3C(=O)N3CCCCC3)oc2C)cc1. The Morgan fingerprint density at radius 1 is 1.13 bits per heavy atom. The van der Waals surface area contributed by atoms with Gasteiger partial charge in [-0.15, -0.1) is 0 Å². The third-order valence-corrected chi connectivity index (χ3v) is 6.71. The molecule has 2 N–H and O–H groups in total. The van der Waals surface area contributed by atoms with Crippen molar-refractivity contribution in [1.29, 1.82) is 0 Å². The van der Waals surface area contributed by atoms with E-state index in [4.69, 9.17) is 4.42 Å². The molecule has 1 amide bonds. The number of carbonyl (C=O) groups is 1. The molecule has 158 valence electrons. The summed E-state index contributed by atoms with van der Waals surface area (Å²) in [5, 5.41) is 6.78. The van der Waals surface area contributed by atoms with Crippen LogP contribution in [0.5, 0.6) is 0 Å². The maximum atomic E-state index is 12.9. The van der Waals surface area contributed by atoms with E-state index in [2.05, 4.69) is 14.9 Å². The first-order valence-corrected chi connectivity index (χ1v) is 11.4. The highest BCUT2D eigenvalue weighted by Crippen LogP contribution is 2.31. The predicted octanol–water partition coefficient (Wildman–Crippen LogP) is 3.71. The standard InChI is InChI=1S/C21H24N4O4S/c1-14-6-8-16(9-7-14)24-30(27,28)19-12-18(29-15(19)2)20-17(13-22-23-20)21(26)25-10-4-3-5-11-25/h6-9,12-13,24H,3-5,10-11H2,1-2H3,(H,22,23). The molecule has 0 atom stereocenters. The monoisotopic (exact) mass is 428 g/mol. The van der Waals surface area contributed by atoms with Crippen molar-refractivity contribution in [2.45, 2.75) is 38.0 Å². The van der Waals surface area contributed by atoms with Crippen molar-refractivity contribution in [2.24, 2.45) is 0 Å². The van der Waals surface area contributed by atoms with Crippen LogP contribution >= 0.6 is 0 Å². The number of anilines is 1. The third kappa shape index (κ3) is 3.97. The van der Waals surface area contributed by atoms with Crippen LogP contribution in [-0.2, 0) is 10.0 Å². The molecular formula is C21H24N4O4S. The van der Waals surface area contributed by atoms with Crippen LogP contribution in [0.4, 0.5) is 5.69 Å². The molecular weight excluding hydrogens is 404 g/mol. The Morgan fingerprint density at radius 2 is 1.83 bits per heavy atom. The highest BCUT2D eigenvalue weighted by Gasteiger charge is 2.27. The van der Waals surface area contributed by atoms with Crippen molar-refractivity contribution in [3.63, 3.8) is 0 Å². The summed E-state index contributed by atoms with van der Waals surface area (Å²) in [5.74, 6) is 0.361. The molecule has 2 aromatic heterocycles. The molecule has 9 heteroatoms. The number of likely N-dealkylation sites (tertiary alicyclic amines) is 1. The lowest BCUT2D eigenvalue weighted by molar-refractivity contribution is 0.0725. The van der Waals surface area contributed by atoms with Gasteiger partial charge in [0.15, 0.2) is 5.76 Å². The minimum Gasteiger partial charge on any atom is -0.458 e. The van der Waals surface area contributed by atoms with Gasteiger partial charge in [0, 0.05) is 24.8 Å². The lowest BCUT2D eigenvalue weighted by Gasteiger charge is -2.26. The fraction of sp³-hybridized carbons (Fsp3) is 0.333. The van der Waals surface area contributed by atoms with Crippen molar-refractivity contribution in [1.82, 2.24) is 15.1 Å².